The molecule has 0 bridgehead atoms. The molecule has 2 aromatic rings. The molecule has 0 unspecified atom stereocenters. The van der Waals surface area contributed by atoms with E-state index in [9.17, 15) is 4.79 Å². The number of rotatable bonds is 5. The number of carbonyl (C=O) groups is 1. The van der Waals surface area contributed by atoms with Crippen LogP contribution in [0.5, 0.6) is 5.75 Å². The molecule has 0 fully saturated rings. The standard InChI is InChI=1S/C15H13NO4/c17-15(18)14(16-19)12-6-8-13(9-7-12)20-10-11-4-2-1-3-5-11/h1-9,19H,10H2,(H,17,18). The van der Waals surface area contributed by atoms with Crippen molar-refractivity contribution in [3.63, 3.8) is 0 Å². The van der Waals surface area contributed by atoms with Gasteiger partial charge in [0.1, 0.15) is 12.4 Å². The van der Waals surface area contributed by atoms with Crippen LogP contribution >= 0.6 is 0 Å². The van der Waals surface area contributed by atoms with Crippen LogP contribution in [0.15, 0.2) is 59.8 Å². The molecule has 0 saturated carbocycles. The van der Waals surface area contributed by atoms with Gasteiger partial charge in [0.25, 0.3) is 0 Å². The number of carboxylic acid groups (broad SMARTS) is 1. The average Bonchev–Trinajstić information content (AvgIpc) is 2.48. The molecule has 0 aliphatic carbocycles. The molecule has 0 aliphatic rings. The van der Waals surface area contributed by atoms with Crippen LogP contribution in [0.1, 0.15) is 11.1 Å². The third kappa shape index (κ3) is 3.35. The molecule has 0 atom stereocenters. The van der Waals surface area contributed by atoms with Gasteiger partial charge in [-0.15, -0.1) is 0 Å². The van der Waals surface area contributed by atoms with Gasteiger partial charge in [0.05, 0.1) is 0 Å². The lowest BCUT2D eigenvalue weighted by molar-refractivity contribution is -0.129. The maximum atomic E-state index is 10.8. The highest BCUT2D eigenvalue weighted by Crippen LogP contribution is 2.15. The predicted molar refractivity (Wildman–Crippen MR) is 73.2 cm³/mol. The van der Waals surface area contributed by atoms with Crippen LogP contribution in [0.25, 0.3) is 0 Å². The molecule has 0 aromatic heterocycles. The monoisotopic (exact) mass is 271 g/mol. The van der Waals surface area contributed by atoms with Gasteiger partial charge in [-0.05, 0) is 29.8 Å². The van der Waals surface area contributed by atoms with E-state index in [2.05, 4.69) is 5.16 Å². The summed E-state index contributed by atoms with van der Waals surface area (Å²) in [4.78, 5) is 10.8. The fourth-order valence-corrected chi connectivity index (χ4v) is 1.67. The van der Waals surface area contributed by atoms with Crippen LogP contribution in [0.4, 0.5) is 0 Å². The number of ether oxygens (including phenoxy) is 1. The minimum atomic E-state index is -1.29. The molecular weight excluding hydrogens is 258 g/mol. The summed E-state index contributed by atoms with van der Waals surface area (Å²) in [7, 11) is 0. The van der Waals surface area contributed by atoms with Crippen molar-refractivity contribution >= 4 is 11.7 Å². The van der Waals surface area contributed by atoms with Crippen molar-refractivity contribution in [2.75, 3.05) is 0 Å². The summed E-state index contributed by atoms with van der Waals surface area (Å²) in [5.41, 5.74) is 0.950. The fourth-order valence-electron chi connectivity index (χ4n) is 1.67. The van der Waals surface area contributed by atoms with Crippen molar-refractivity contribution in [2.24, 2.45) is 5.16 Å². The molecule has 2 aromatic carbocycles. The smallest absolute Gasteiger partial charge is 0.358 e. The van der Waals surface area contributed by atoms with Crippen LogP contribution in [0, 0.1) is 0 Å². The van der Waals surface area contributed by atoms with E-state index in [4.69, 9.17) is 15.1 Å². The van der Waals surface area contributed by atoms with E-state index in [1.165, 1.54) is 12.1 Å². The van der Waals surface area contributed by atoms with Gasteiger partial charge in [0, 0.05) is 5.56 Å². The molecule has 102 valence electrons. The summed E-state index contributed by atoms with van der Waals surface area (Å²) in [6.07, 6.45) is 0. The van der Waals surface area contributed by atoms with Crippen molar-refractivity contribution in [1.29, 1.82) is 0 Å². The number of carboxylic acids is 1. The molecule has 20 heavy (non-hydrogen) atoms. The lowest BCUT2D eigenvalue weighted by Gasteiger charge is -2.07. The van der Waals surface area contributed by atoms with Crippen LogP contribution in [-0.4, -0.2) is 22.0 Å². The predicted octanol–water partition coefficient (Wildman–Crippen LogP) is 2.53. The summed E-state index contributed by atoms with van der Waals surface area (Å²) in [6.45, 7) is 0.431. The second-order valence-electron chi connectivity index (χ2n) is 4.05. The van der Waals surface area contributed by atoms with Gasteiger partial charge in [0.15, 0.2) is 5.71 Å². The molecule has 5 nitrogen and oxygen atoms in total. The maximum absolute atomic E-state index is 10.8. The van der Waals surface area contributed by atoms with Gasteiger partial charge >= 0.3 is 5.97 Å². The first kappa shape index (κ1) is 13.6. The Kier molecular flexibility index (Phi) is 4.34. The maximum Gasteiger partial charge on any atom is 0.358 e. The lowest BCUT2D eigenvalue weighted by atomic mass is 10.1. The number of hydrogen-bond donors (Lipinski definition) is 2. The highest BCUT2D eigenvalue weighted by Gasteiger charge is 2.12. The number of nitrogens with zero attached hydrogens (tertiary/aromatic N) is 1. The normalized spacial score (nSPS) is 11.1. The Labute approximate surface area is 115 Å². The van der Waals surface area contributed by atoms with Gasteiger partial charge in [0.2, 0.25) is 0 Å². The Morgan fingerprint density at radius 2 is 1.70 bits per heavy atom. The van der Waals surface area contributed by atoms with Gasteiger partial charge in [-0.25, -0.2) is 4.79 Å². The molecule has 0 heterocycles. The molecule has 0 aliphatic heterocycles. The van der Waals surface area contributed by atoms with Gasteiger partial charge < -0.3 is 15.1 Å². The van der Waals surface area contributed by atoms with E-state index in [1.807, 2.05) is 30.3 Å². The minimum Gasteiger partial charge on any atom is -0.489 e. The zero-order chi connectivity index (χ0) is 14.4. The summed E-state index contributed by atoms with van der Waals surface area (Å²) in [6, 6.07) is 16.0. The van der Waals surface area contributed by atoms with Crippen LogP contribution < -0.4 is 4.74 Å². The fraction of sp³-hybridized carbons (Fsp3) is 0.0667. The Bertz CT molecular complexity index is 606. The van der Waals surface area contributed by atoms with Gasteiger partial charge in [-0.3, -0.25) is 0 Å². The van der Waals surface area contributed by atoms with E-state index in [0.717, 1.165) is 5.56 Å². The van der Waals surface area contributed by atoms with Crippen LogP contribution in [0.3, 0.4) is 0 Å². The number of hydrogen-bond acceptors (Lipinski definition) is 4. The number of benzene rings is 2. The third-order valence-corrected chi connectivity index (χ3v) is 2.68. The van der Waals surface area contributed by atoms with Crippen molar-refractivity contribution in [1.82, 2.24) is 0 Å². The van der Waals surface area contributed by atoms with Crippen molar-refractivity contribution in [3.05, 3.63) is 65.7 Å². The Balaban J connectivity index is 2.04. The van der Waals surface area contributed by atoms with E-state index in [1.54, 1.807) is 12.1 Å². The second kappa shape index (κ2) is 6.38. The number of aliphatic carboxylic acids is 1. The summed E-state index contributed by atoms with van der Waals surface area (Å²) in [5.74, 6) is -0.675. The molecule has 0 radical (unpaired) electrons. The summed E-state index contributed by atoms with van der Waals surface area (Å²) >= 11 is 0. The lowest BCUT2D eigenvalue weighted by Crippen LogP contribution is -2.14. The van der Waals surface area contributed by atoms with Crippen LogP contribution in [-0.2, 0) is 11.4 Å². The van der Waals surface area contributed by atoms with Crippen molar-refractivity contribution in [3.8, 4) is 5.75 Å². The zero-order valence-electron chi connectivity index (χ0n) is 10.6. The molecule has 5 heteroatoms. The van der Waals surface area contributed by atoms with E-state index in [0.29, 0.717) is 17.9 Å². The van der Waals surface area contributed by atoms with E-state index >= 15 is 0 Å². The summed E-state index contributed by atoms with van der Waals surface area (Å²) in [5, 5.41) is 20.2. The number of oxime groups is 1. The SMILES string of the molecule is O=C(O)C(=NO)c1ccc(OCc2ccccc2)cc1. The van der Waals surface area contributed by atoms with Gasteiger partial charge in [-0.1, -0.05) is 35.5 Å². The third-order valence-electron chi connectivity index (χ3n) is 2.68. The Morgan fingerprint density at radius 1 is 1.05 bits per heavy atom. The van der Waals surface area contributed by atoms with Gasteiger partial charge in [-0.2, -0.15) is 0 Å². The van der Waals surface area contributed by atoms with Crippen molar-refractivity contribution in [2.45, 2.75) is 6.61 Å². The zero-order valence-corrected chi connectivity index (χ0v) is 10.6. The molecule has 0 amide bonds. The second-order valence-corrected chi connectivity index (χ2v) is 4.05. The highest BCUT2D eigenvalue weighted by atomic mass is 16.5. The highest BCUT2D eigenvalue weighted by molar-refractivity contribution is 6.42. The minimum absolute atomic E-state index is 0.312. The summed E-state index contributed by atoms with van der Waals surface area (Å²) < 4.78 is 5.57. The molecular formula is C15H13NO4. The quantitative estimate of drug-likeness (QED) is 0.497. The molecule has 2 rings (SSSR count). The Morgan fingerprint density at radius 3 is 2.25 bits per heavy atom. The molecule has 2 N–H and O–H groups in total. The first-order valence-electron chi connectivity index (χ1n) is 5.93. The molecule has 0 spiro atoms. The van der Waals surface area contributed by atoms with E-state index < -0.39 is 11.7 Å². The van der Waals surface area contributed by atoms with Crippen LogP contribution in [0.2, 0.25) is 0 Å². The Hall–Kier alpha value is -2.82. The molecule has 0 saturated heterocycles. The largest absolute Gasteiger partial charge is 0.489 e. The topological polar surface area (TPSA) is 79.1 Å². The van der Waals surface area contributed by atoms with Crippen molar-refractivity contribution < 1.29 is 19.8 Å². The average molecular weight is 271 g/mol. The first-order valence-corrected chi connectivity index (χ1v) is 5.93. The first-order chi connectivity index (χ1) is 9.70. The van der Waals surface area contributed by atoms with E-state index in [-0.39, 0.29) is 0 Å².